The third kappa shape index (κ3) is 3.74. The Morgan fingerprint density at radius 1 is 1.19 bits per heavy atom. The number of benzene rings is 2. The number of hydrogen-bond acceptors (Lipinski definition) is 3. The van der Waals surface area contributed by atoms with E-state index in [1.807, 2.05) is 70.3 Å². The molecule has 1 heterocycles. The first kappa shape index (κ1) is 18.1. The Bertz CT molecular complexity index is 850. The molecular weight excluding hydrogens is 326 g/mol. The highest BCUT2D eigenvalue weighted by molar-refractivity contribution is 5.95. The van der Waals surface area contributed by atoms with Gasteiger partial charge < -0.3 is 14.4 Å². The zero-order valence-corrected chi connectivity index (χ0v) is 16.0. The number of likely N-dealkylation sites (N-methyl/N-ethyl adjacent to an activating group) is 1. The average Bonchev–Trinajstić information content (AvgIpc) is 2.60. The second-order valence-corrected chi connectivity index (χ2v) is 7.19. The van der Waals surface area contributed by atoms with Crippen LogP contribution in [0.2, 0.25) is 0 Å². The van der Waals surface area contributed by atoms with Gasteiger partial charge in [-0.1, -0.05) is 18.2 Å². The van der Waals surface area contributed by atoms with Crippen LogP contribution in [-0.2, 0) is 11.2 Å². The minimum absolute atomic E-state index is 0.0410. The number of rotatable bonds is 4. The molecule has 0 bridgehead atoms. The number of ether oxygens (including phenoxy) is 2. The van der Waals surface area contributed by atoms with E-state index in [0.29, 0.717) is 6.42 Å². The van der Waals surface area contributed by atoms with Gasteiger partial charge in [-0.25, -0.2) is 0 Å². The summed E-state index contributed by atoms with van der Waals surface area (Å²) in [5, 5.41) is 0. The van der Waals surface area contributed by atoms with Gasteiger partial charge >= 0.3 is 0 Å². The van der Waals surface area contributed by atoms with Crippen LogP contribution in [0.15, 0.2) is 42.5 Å². The lowest BCUT2D eigenvalue weighted by atomic mass is 10.00. The fourth-order valence-corrected chi connectivity index (χ4v) is 3.04. The van der Waals surface area contributed by atoms with E-state index >= 15 is 0 Å². The van der Waals surface area contributed by atoms with E-state index in [1.165, 1.54) is 0 Å². The number of anilines is 1. The van der Waals surface area contributed by atoms with Gasteiger partial charge in [0.25, 0.3) is 0 Å². The summed E-state index contributed by atoms with van der Waals surface area (Å²) in [6, 6.07) is 11.6. The molecule has 2 aromatic carbocycles. The minimum atomic E-state index is -0.308. The molecule has 0 saturated heterocycles. The Morgan fingerprint density at radius 2 is 1.88 bits per heavy atom. The van der Waals surface area contributed by atoms with Gasteiger partial charge in [0.05, 0.1) is 13.5 Å². The number of fused-ring (bicyclic) bond motifs is 1. The molecule has 0 aliphatic carbocycles. The highest BCUT2D eigenvalue weighted by Gasteiger charge is 2.23. The lowest BCUT2D eigenvalue weighted by molar-refractivity contribution is -0.117. The summed E-state index contributed by atoms with van der Waals surface area (Å²) in [5.41, 5.74) is 3.56. The summed E-state index contributed by atoms with van der Waals surface area (Å²) in [4.78, 5) is 14.5. The molecule has 0 aromatic heterocycles. The topological polar surface area (TPSA) is 38.8 Å². The second kappa shape index (κ2) is 6.87. The summed E-state index contributed by atoms with van der Waals surface area (Å²) in [7, 11) is 3.45. The maximum Gasteiger partial charge on any atom is 0.231 e. The van der Waals surface area contributed by atoms with Crippen molar-refractivity contribution in [1.29, 1.82) is 0 Å². The van der Waals surface area contributed by atoms with Crippen LogP contribution in [0.5, 0.6) is 11.5 Å². The predicted octanol–water partition coefficient (Wildman–Crippen LogP) is 4.39. The summed E-state index contributed by atoms with van der Waals surface area (Å²) in [6.45, 7) is 6.06. The Kier molecular flexibility index (Phi) is 4.77. The van der Waals surface area contributed by atoms with Crippen molar-refractivity contribution in [3.05, 3.63) is 59.2 Å². The van der Waals surface area contributed by atoms with E-state index in [4.69, 9.17) is 9.47 Å². The van der Waals surface area contributed by atoms with E-state index in [9.17, 15) is 4.79 Å². The largest absolute Gasteiger partial charge is 0.497 e. The van der Waals surface area contributed by atoms with E-state index in [2.05, 4.69) is 6.08 Å². The molecule has 1 amide bonds. The maximum atomic E-state index is 12.7. The molecule has 0 radical (unpaired) electrons. The number of hydrogen-bond donors (Lipinski definition) is 0. The molecule has 4 heteroatoms. The Balaban J connectivity index is 1.80. The highest BCUT2D eigenvalue weighted by atomic mass is 16.5. The van der Waals surface area contributed by atoms with E-state index < -0.39 is 0 Å². The van der Waals surface area contributed by atoms with Crippen molar-refractivity contribution in [1.82, 2.24) is 0 Å². The SMILES string of the molecule is COc1ccc(CC(=O)N(C)c2cc3c(cc2C)OC(C)(C)C=C3)cc1. The molecule has 0 atom stereocenters. The number of aryl methyl sites for hydroxylation is 1. The molecule has 0 spiro atoms. The smallest absolute Gasteiger partial charge is 0.231 e. The lowest BCUT2D eigenvalue weighted by Crippen LogP contribution is -2.30. The molecule has 26 heavy (non-hydrogen) atoms. The van der Waals surface area contributed by atoms with Gasteiger partial charge in [-0.05, 0) is 62.2 Å². The minimum Gasteiger partial charge on any atom is -0.497 e. The van der Waals surface area contributed by atoms with Crippen molar-refractivity contribution in [2.24, 2.45) is 0 Å². The molecule has 0 unspecified atom stereocenters. The Hall–Kier alpha value is -2.75. The van der Waals surface area contributed by atoms with Crippen LogP contribution in [0.3, 0.4) is 0 Å². The average molecular weight is 351 g/mol. The van der Waals surface area contributed by atoms with Crippen molar-refractivity contribution in [2.45, 2.75) is 32.8 Å². The van der Waals surface area contributed by atoms with Crippen LogP contribution in [-0.4, -0.2) is 25.7 Å². The molecule has 136 valence electrons. The summed E-state index contributed by atoms with van der Waals surface area (Å²) < 4.78 is 11.2. The molecular formula is C22H25NO3. The summed E-state index contributed by atoms with van der Waals surface area (Å²) >= 11 is 0. The van der Waals surface area contributed by atoms with Crippen molar-refractivity contribution in [2.75, 3.05) is 19.1 Å². The number of amides is 1. The van der Waals surface area contributed by atoms with Gasteiger partial charge in [0.1, 0.15) is 17.1 Å². The molecule has 1 aliphatic heterocycles. The van der Waals surface area contributed by atoms with E-state index in [0.717, 1.165) is 33.9 Å². The molecule has 0 N–H and O–H groups in total. The fourth-order valence-electron chi connectivity index (χ4n) is 3.04. The van der Waals surface area contributed by atoms with Gasteiger partial charge in [-0.15, -0.1) is 0 Å². The third-order valence-electron chi connectivity index (χ3n) is 4.62. The van der Waals surface area contributed by atoms with Crippen molar-refractivity contribution in [3.8, 4) is 11.5 Å². The third-order valence-corrected chi connectivity index (χ3v) is 4.62. The number of carbonyl (C=O) groups is 1. The maximum absolute atomic E-state index is 12.7. The number of nitrogens with zero attached hydrogens (tertiary/aromatic N) is 1. The van der Waals surface area contributed by atoms with Crippen LogP contribution < -0.4 is 14.4 Å². The normalized spacial score (nSPS) is 14.3. The molecule has 3 rings (SSSR count). The van der Waals surface area contributed by atoms with Gasteiger partial charge in [0.15, 0.2) is 0 Å². The van der Waals surface area contributed by atoms with Crippen molar-refractivity contribution in [3.63, 3.8) is 0 Å². The fraction of sp³-hybridized carbons (Fsp3) is 0.318. The van der Waals surface area contributed by atoms with Gasteiger partial charge in [0, 0.05) is 18.3 Å². The molecule has 2 aromatic rings. The highest BCUT2D eigenvalue weighted by Crippen LogP contribution is 2.35. The van der Waals surface area contributed by atoms with Crippen LogP contribution >= 0.6 is 0 Å². The molecule has 4 nitrogen and oxygen atoms in total. The summed E-state index contributed by atoms with van der Waals surface area (Å²) in [6.07, 6.45) is 4.44. The first-order chi connectivity index (χ1) is 12.3. The van der Waals surface area contributed by atoms with Gasteiger partial charge in [0.2, 0.25) is 5.91 Å². The van der Waals surface area contributed by atoms with Crippen molar-refractivity contribution < 1.29 is 14.3 Å². The lowest BCUT2D eigenvalue weighted by Gasteiger charge is -2.29. The second-order valence-electron chi connectivity index (χ2n) is 7.19. The molecule has 1 aliphatic rings. The Morgan fingerprint density at radius 3 is 2.54 bits per heavy atom. The predicted molar refractivity (Wildman–Crippen MR) is 105 cm³/mol. The van der Waals surface area contributed by atoms with Crippen LogP contribution in [0, 0.1) is 6.92 Å². The standard InChI is InChI=1S/C22H25NO3/c1-15-12-20-17(10-11-22(2,3)26-20)14-19(15)23(4)21(24)13-16-6-8-18(25-5)9-7-16/h6-12,14H,13H2,1-5H3. The van der Waals surface area contributed by atoms with Crippen LogP contribution in [0.25, 0.3) is 6.08 Å². The van der Waals surface area contributed by atoms with Gasteiger partial charge in [-0.2, -0.15) is 0 Å². The zero-order chi connectivity index (χ0) is 18.9. The first-order valence-electron chi connectivity index (χ1n) is 8.71. The number of methoxy groups -OCH3 is 1. The molecule has 0 saturated carbocycles. The van der Waals surface area contributed by atoms with E-state index in [-0.39, 0.29) is 11.5 Å². The Labute approximate surface area is 155 Å². The first-order valence-corrected chi connectivity index (χ1v) is 8.71. The van der Waals surface area contributed by atoms with Gasteiger partial charge in [-0.3, -0.25) is 4.79 Å². The van der Waals surface area contributed by atoms with Crippen LogP contribution in [0.1, 0.15) is 30.5 Å². The zero-order valence-electron chi connectivity index (χ0n) is 16.0. The monoisotopic (exact) mass is 351 g/mol. The quantitative estimate of drug-likeness (QED) is 0.820. The number of carbonyl (C=O) groups excluding carboxylic acids is 1. The van der Waals surface area contributed by atoms with Crippen molar-refractivity contribution >= 4 is 17.7 Å². The van der Waals surface area contributed by atoms with Crippen LogP contribution in [0.4, 0.5) is 5.69 Å². The summed E-state index contributed by atoms with van der Waals surface area (Å²) in [5.74, 6) is 1.68. The molecule has 0 fully saturated rings. The van der Waals surface area contributed by atoms with E-state index in [1.54, 1.807) is 12.0 Å².